The molecule has 0 atom stereocenters. The second-order valence-electron chi connectivity index (χ2n) is 3.65. The Labute approximate surface area is 83.3 Å². The van der Waals surface area contributed by atoms with Gasteiger partial charge in [-0.25, -0.2) is 0 Å². The van der Waals surface area contributed by atoms with E-state index in [1.54, 1.807) is 19.1 Å². The zero-order valence-electron chi connectivity index (χ0n) is 8.63. The minimum atomic E-state index is 0.0852. The first-order chi connectivity index (χ1) is 6.63. The van der Waals surface area contributed by atoms with Gasteiger partial charge in [-0.1, -0.05) is 0 Å². The molecule has 3 heteroatoms. The van der Waals surface area contributed by atoms with Crippen LogP contribution in [0.5, 0.6) is 5.75 Å². The number of carbonyl (C=O) groups is 1. The van der Waals surface area contributed by atoms with Crippen molar-refractivity contribution in [2.45, 2.75) is 13.5 Å². The highest BCUT2D eigenvalue weighted by Crippen LogP contribution is 2.31. The largest absolute Gasteiger partial charge is 0.496 e. The third-order valence-corrected chi connectivity index (χ3v) is 2.55. The lowest BCUT2D eigenvalue weighted by molar-refractivity contribution is 0.0816. The van der Waals surface area contributed by atoms with Crippen LogP contribution in [0.2, 0.25) is 0 Å². The van der Waals surface area contributed by atoms with Gasteiger partial charge >= 0.3 is 0 Å². The Hall–Kier alpha value is -1.51. The normalized spacial score (nSPS) is 14.5. The molecular weight excluding hydrogens is 178 g/mol. The molecule has 0 spiro atoms. The molecule has 0 radical (unpaired) electrons. The summed E-state index contributed by atoms with van der Waals surface area (Å²) in [5, 5.41) is 0. The average Bonchev–Trinajstić information content (AvgIpc) is 2.43. The van der Waals surface area contributed by atoms with Crippen molar-refractivity contribution in [3.8, 4) is 5.75 Å². The predicted molar refractivity (Wildman–Crippen MR) is 53.5 cm³/mol. The molecule has 1 aromatic carbocycles. The van der Waals surface area contributed by atoms with Crippen LogP contribution in [-0.2, 0) is 6.54 Å². The fraction of sp³-hybridized carbons (Fsp3) is 0.364. The number of methoxy groups -OCH3 is 1. The van der Waals surface area contributed by atoms with E-state index in [1.807, 2.05) is 19.1 Å². The van der Waals surface area contributed by atoms with Crippen LogP contribution in [0.25, 0.3) is 0 Å². The van der Waals surface area contributed by atoms with E-state index in [0.29, 0.717) is 6.54 Å². The van der Waals surface area contributed by atoms with Crippen molar-refractivity contribution in [3.63, 3.8) is 0 Å². The van der Waals surface area contributed by atoms with Gasteiger partial charge in [0, 0.05) is 18.2 Å². The number of aryl methyl sites for hydroxylation is 1. The van der Waals surface area contributed by atoms with Gasteiger partial charge < -0.3 is 9.64 Å². The Kier molecular flexibility index (Phi) is 1.95. The van der Waals surface area contributed by atoms with Crippen LogP contribution in [-0.4, -0.2) is 25.0 Å². The Balaban J connectivity index is 2.61. The quantitative estimate of drug-likeness (QED) is 0.674. The number of hydrogen-bond acceptors (Lipinski definition) is 2. The van der Waals surface area contributed by atoms with E-state index >= 15 is 0 Å². The lowest BCUT2D eigenvalue weighted by Gasteiger charge is -2.07. The lowest BCUT2D eigenvalue weighted by atomic mass is 10.1. The summed E-state index contributed by atoms with van der Waals surface area (Å²) < 4.78 is 5.26. The highest BCUT2D eigenvalue weighted by atomic mass is 16.5. The maximum atomic E-state index is 11.7. The number of benzene rings is 1. The van der Waals surface area contributed by atoms with Crippen LogP contribution in [0, 0.1) is 6.92 Å². The maximum absolute atomic E-state index is 11.7. The smallest absolute Gasteiger partial charge is 0.254 e. The first-order valence-electron chi connectivity index (χ1n) is 4.56. The zero-order chi connectivity index (χ0) is 10.3. The molecule has 3 nitrogen and oxygen atoms in total. The van der Waals surface area contributed by atoms with Crippen LogP contribution in [0.3, 0.4) is 0 Å². The predicted octanol–water partition coefficient (Wildman–Crippen LogP) is 1.59. The second kappa shape index (κ2) is 3.01. The Morgan fingerprint density at radius 1 is 1.43 bits per heavy atom. The Morgan fingerprint density at radius 3 is 2.79 bits per heavy atom. The molecule has 0 bridgehead atoms. The Bertz CT molecular complexity index is 399. The van der Waals surface area contributed by atoms with Gasteiger partial charge in [0.05, 0.1) is 13.7 Å². The molecule has 1 aliphatic heterocycles. The summed E-state index contributed by atoms with van der Waals surface area (Å²) in [6.07, 6.45) is 0. The van der Waals surface area contributed by atoms with Gasteiger partial charge in [0.2, 0.25) is 0 Å². The van der Waals surface area contributed by atoms with E-state index < -0.39 is 0 Å². The fourth-order valence-electron chi connectivity index (χ4n) is 1.83. The van der Waals surface area contributed by atoms with Gasteiger partial charge in [0.25, 0.3) is 5.91 Å². The molecule has 0 unspecified atom stereocenters. The summed E-state index contributed by atoms with van der Waals surface area (Å²) >= 11 is 0. The zero-order valence-corrected chi connectivity index (χ0v) is 8.63. The summed E-state index contributed by atoms with van der Waals surface area (Å²) in [7, 11) is 3.44. The molecule has 1 amide bonds. The highest BCUT2D eigenvalue weighted by Gasteiger charge is 2.27. The summed E-state index contributed by atoms with van der Waals surface area (Å²) in [5.41, 5.74) is 2.85. The van der Waals surface area contributed by atoms with E-state index in [1.165, 1.54) is 0 Å². The molecule has 0 fully saturated rings. The van der Waals surface area contributed by atoms with Crippen molar-refractivity contribution in [3.05, 3.63) is 28.8 Å². The fourth-order valence-corrected chi connectivity index (χ4v) is 1.83. The van der Waals surface area contributed by atoms with Crippen LogP contribution in [0.15, 0.2) is 12.1 Å². The number of ether oxygens (including phenoxy) is 1. The number of amides is 1. The Morgan fingerprint density at radius 2 is 2.14 bits per heavy atom. The first kappa shape index (κ1) is 9.06. The molecule has 1 heterocycles. The van der Waals surface area contributed by atoms with Crippen LogP contribution >= 0.6 is 0 Å². The molecule has 1 aromatic rings. The summed E-state index contributed by atoms with van der Waals surface area (Å²) in [5.74, 6) is 0.903. The van der Waals surface area contributed by atoms with E-state index in [4.69, 9.17) is 4.74 Å². The first-order valence-corrected chi connectivity index (χ1v) is 4.56. The molecule has 74 valence electrons. The molecule has 1 aliphatic rings. The number of rotatable bonds is 1. The number of fused-ring (bicyclic) bond motifs is 1. The van der Waals surface area contributed by atoms with E-state index in [2.05, 4.69) is 0 Å². The second-order valence-corrected chi connectivity index (χ2v) is 3.65. The number of nitrogens with zero attached hydrogens (tertiary/aromatic N) is 1. The van der Waals surface area contributed by atoms with E-state index in [-0.39, 0.29) is 5.91 Å². The standard InChI is InChI=1S/C11H13NO2/c1-7-4-8-9(10(5-7)14-3)6-12(2)11(8)13/h4-5H,6H2,1-3H3. The summed E-state index contributed by atoms with van der Waals surface area (Å²) in [6, 6.07) is 3.88. The van der Waals surface area contributed by atoms with Crippen LogP contribution in [0.1, 0.15) is 21.5 Å². The molecule has 0 saturated heterocycles. The minimum absolute atomic E-state index is 0.0852. The van der Waals surface area contributed by atoms with Crippen molar-refractivity contribution in [2.24, 2.45) is 0 Å². The van der Waals surface area contributed by atoms with Crippen molar-refractivity contribution in [1.82, 2.24) is 4.90 Å². The topological polar surface area (TPSA) is 29.5 Å². The SMILES string of the molecule is COc1cc(C)cc2c1CN(C)C2=O. The minimum Gasteiger partial charge on any atom is -0.496 e. The molecular formula is C11H13NO2. The highest BCUT2D eigenvalue weighted by molar-refractivity contribution is 5.99. The molecule has 0 aliphatic carbocycles. The molecule has 0 aromatic heterocycles. The molecule has 14 heavy (non-hydrogen) atoms. The van der Waals surface area contributed by atoms with Crippen molar-refractivity contribution in [1.29, 1.82) is 0 Å². The number of carbonyl (C=O) groups excluding carboxylic acids is 1. The summed E-state index contributed by atoms with van der Waals surface area (Å²) in [6.45, 7) is 2.62. The van der Waals surface area contributed by atoms with Gasteiger partial charge in [-0.05, 0) is 24.6 Å². The molecule has 0 saturated carbocycles. The van der Waals surface area contributed by atoms with Gasteiger partial charge in [0.15, 0.2) is 0 Å². The van der Waals surface area contributed by atoms with Gasteiger partial charge in [-0.2, -0.15) is 0 Å². The van der Waals surface area contributed by atoms with Gasteiger partial charge in [0.1, 0.15) is 5.75 Å². The average molecular weight is 191 g/mol. The molecule has 2 rings (SSSR count). The van der Waals surface area contributed by atoms with Crippen LogP contribution in [0.4, 0.5) is 0 Å². The van der Waals surface area contributed by atoms with Gasteiger partial charge in [-0.15, -0.1) is 0 Å². The van der Waals surface area contributed by atoms with E-state index in [0.717, 1.165) is 22.4 Å². The lowest BCUT2D eigenvalue weighted by Crippen LogP contribution is -2.17. The van der Waals surface area contributed by atoms with Crippen molar-refractivity contribution >= 4 is 5.91 Å². The van der Waals surface area contributed by atoms with Crippen LogP contribution < -0.4 is 4.74 Å². The number of hydrogen-bond donors (Lipinski definition) is 0. The summed E-state index contributed by atoms with van der Waals surface area (Å²) in [4.78, 5) is 13.4. The van der Waals surface area contributed by atoms with Crippen molar-refractivity contribution < 1.29 is 9.53 Å². The molecule has 0 N–H and O–H groups in total. The van der Waals surface area contributed by atoms with Gasteiger partial charge in [-0.3, -0.25) is 4.79 Å². The monoisotopic (exact) mass is 191 g/mol. The van der Waals surface area contributed by atoms with Crippen molar-refractivity contribution in [2.75, 3.05) is 14.2 Å². The third-order valence-electron chi connectivity index (χ3n) is 2.55. The van der Waals surface area contributed by atoms with E-state index in [9.17, 15) is 4.79 Å². The maximum Gasteiger partial charge on any atom is 0.254 e. The third kappa shape index (κ3) is 1.16.